The van der Waals surface area contributed by atoms with Gasteiger partial charge in [-0.1, -0.05) is 170 Å². The van der Waals surface area contributed by atoms with Gasteiger partial charge < -0.3 is 8.98 Å². The summed E-state index contributed by atoms with van der Waals surface area (Å²) in [5.74, 6) is 1.86. The largest absolute Gasteiger partial charge is 0.454 e. The van der Waals surface area contributed by atoms with E-state index >= 15 is 0 Å². The number of hydrogen-bond donors (Lipinski definition) is 0. The molecule has 69 heavy (non-hydrogen) atoms. The Labute approximate surface area is 398 Å². The molecule has 0 bridgehead atoms. The standard InChI is InChI=1S/C63H36N4OS/c1-2-13-37(14-3-1)40-18-10-19-43(33-40)61-64-62(66-63(65-61)49-23-12-26-56-58(49)47-21-8-9-25-55(47)69-56)44-28-27-39-30-32-54-57(50(39)35-44)48-22-11-24-52(60(48)68-54)67-53-36-42-17-5-4-16-41(42)34-51(53)46-31-29-38-15-6-7-20-45(38)59(46)67/h1-36H. The van der Waals surface area contributed by atoms with Crippen molar-refractivity contribution in [2.45, 2.75) is 0 Å². The van der Waals surface area contributed by atoms with Crippen LogP contribution in [-0.2, 0) is 0 Å². The lowest BCUT2D eigenvalue weighted by molar-refractivity contribution is 0.666. The second kappa shape index (κ2) is 14.8. The molecule has 0 amide bonds. The van der Waals surface area contributed by atoms with Crippen molar-refractivity contribution in [3.8, 4) is 51.0 Å². The second-order valence-corrected chi connectivity index (χ2v) is 19.0. The van der Waals surface area contributed by atoms with Gasteiger partial charge in [-0.25, -0.2) is 15.0 Å². The molecule has 4 aromatic heterocycles. The molecule has 0 aliphatic rings. The summed E-state index contributed by atoms with van der Waals surface area (Å²) >= 11 is 1.80. The van der Waals surface area contributed by atoms with Crippen LogP contribution in [0.25, 0.3) is 147 Å². The number of nitrogens with zero attached hydrogens (tertiary/aromatic N) is 4. The first kappa shape index (κ1) is 38.2. The van der Waals surface area contributed by atoms with E-state index < -0.39 is 0 Å². The third-order valence-electron chi connectivity index (χ3n) is 14.0. The Hall–Kier alpha value is -8.97. The predicted octanol–water partition coefficient (Wildman–Crippen LogP) is 17.4. The number of fused-ring (bicyclic) bond motifs is 14. The molecule has 0 saturated carbocycles. The molecule has 0 saturated heterocycles. The number of aromatic nitrogens is 4. The van der Waals surface area contributed by atoms with Gasteiger partial charge >= 0.3 is 0 Å². The van der Waals surface area contributed by atoms with Crippen LogP contribution in [0.2, 0.25) is 0 Å². The molecular formula is C63H36N4OS. The van der Waals surface area contributed by atoms with Crippen LogP contribution in [0.5, 0.6) is 0 Å². The minimum absolute atomic E-state index is 0.605. The lowest BCUT2D eigenvalue weighted by Crippen LogP contribution is -2.00. The Balaban J connectivity index is 0.965. The number of para-hydroxylation sites is 1. The molecule has 15 aromatic rings. The number of benzene rings is 11. The summed E-state index contributed by atoms with van der Waals surface area (Å²) in [6.45, 7) is 0. The topological polar surface area (TPSA) is 56.7 Å². The summed E-state index contributed by atoms with van der Waals surface area (Å²) in [5.41, 5.74) is 10.0. The Morgan fingerprint density at radius 3 is 1.88 bits per heavy atom. The van der Waals surface area contributed by atoms with E-state index in [1.54, 1.807) is 11.3 Å². The van der Waals surface area contributed by atoms with Crippen LogP contribution >= 0.6 is 11.3 Å². The molecule has 0 N–H and O–H groups in total. The Kier molecular flexibility index (Phi) is 8.17. The van der Waals surface area contributed by atoms with E-state index in [-0.39, 0.29) is 0 Å². The molecule has 6 heteroatoms. The summed E-state index contributed by atoms with van der Waals surface area (Å²) in [6.07, 6.45) is 0. The lowest BCUT2D eigenvalue weighted by Gasteiger charge is -2.11. The third-order valence-corrected chi connectivity index (χ3v) is 15.1. The Morgan fingerprint density at radius 1 is 0.362 bits per heavy atom. The fourth-order valence-corrected chi connectivity index (χ4v) is 11.9. The van der Waals surface area contributed by atoms with Crippen LogP contribution in [0.1, 0.15) is 0 Å². The molecule has 0 radical (unpaired) electrons. The van der Waals surface area contributed by atoms with Crippen molar-refractivity contribution >= 4 is 108 Å². The quantitative estimate of drug-likeness (QED) is 0.173. The van der Waals surface area contributed by atoms with Crippen molar-refractivity contribution < 1.29 is 4.42 Å². The van der Waals surface area contributed by atoms with Crippen LogP contribution < -0.4 is 0 Å². The van der Waals surface area contributed by atoms with Crippen molar-refractivity contribution in [2.24, 2.45) is 0 Å². The predicted molar refractivity (Wildman–Crippen MR) is 289 cm³/mol. The van der Waals surface area contributed by atoms with Gasteiger partial charge in [0.2, 0.25) is 0 Å². The zero-order valence-corrected chi connectivity index (χ0v) is 37.7. The molecule has 11 aromatic carbocycles. The van der Waals surface area contributed by atoms with E-state index in [2.05, 4.69) is 217 Å². The van der Waals surface area contributed by atoms with Crippen molar-refractivity contribution in [2.75, 3.05) is 0 Å². The molecular weight excluding hydrogens is 861 g/mol. The van der Waals surface area contributed by atoms with Gasteiger partial charge in [0.1, 0.15) is 5.58 Å². The molecule has 320 valence electrons. The zero-order valence-electron chi connectivity index (χ0n) is 36.9. The van der Waals surface area contributed by atoms with Crippen LogP contribution in [0.3, 0.4) is 0 Å². The first-order valence-corrected chi connectivity index (χ1v) is 24.1. The van der Waals surface area contributed by atoms with E-state index in [1.807, 2.05) is 6.07 Å². The maximum Gasteiger partial charge on any atom is 0.164 e. The number of rotatable bonds is 5. The van der Waals surface area contributed by atoms with Gasteiger partial charge in [0.25, 0.3) is 0 Å². The van der Waals surface area contributed by atoms with E-state index in [0.717, 1.165) is 77.1 Å². The molecule has 0 unspecified atom stereocenters. The van der Waals surface area contributed by atoms with Gasteiger partial charge in [-0.05, 0) is 86.6 Å². The molecule has 0 fully saturated rings. The van der Waals surface area contributed by atoms with Gasteiger partial charge in [-0.2, -0.15) is 0 Å². The highest BCUT2D eigenvalue weighted by Gasteiger charge is 2.22. The van der Waals surface area contributed by atoms with Crippen molar-refractivity contribution in [1.29, 1.82) is 0 Å². The number of thiophene rings is 1. The summed E-state index contributed by atoms with van der Waals surface area (Å²) in [5, 5.41) is 13.9. The average Bonchev–Trinajstić information content (AvgIpc) is 4.10. The highest BCUT2D eigenvalue weighted by molar-refractivity contribution is 7.25. The first-order valence-electron chi connectivity index (χ1n) is 23.2. The normalized spacial score (nSPS) is 12.1. The summed E-state index contributed by atoms with van der Waals surface area (Å²) in [6, 6.07) is 77.9. The Morgan fingerprint density at radius 2 is 1.00 bits per heavy atom. The van der Waals surface area contributed by atoms with Crippen LogP contribution in [-0.4, -0.2) is 19.5 Å². The molecule has 0 atom stereocenters. The smallest absolute Gasteiger partial charge is 0.164 e. The monoisotopic (exact) mass is 896 g/mol. The highest BCUT2D eigenvalue weighted by Crippen LogP contribution is 2.44. The van der Waals surface area contributed by atoms with E-state index in [1.165, 1.54) is 52.6 Å². The van der Waals surface area contributed by atoms with Gasteiger partial charge in [-0.15, -0.1) is 11.3 Å². The Bertz CT molecular complexity index is 4620. The fraction of sp³-hybridized carbons (Fsp3) is 0. The van der Waals surface area contributed by atoms with E-state index in [4.69, 9.17) is 19.4 Å². The molecule has 0 aliphatic carbocycles. The number of hydrogen-bond acceptors (Lipinski definition) is 5. The molecule has 15 rings (SSSR count). The van der Waals surface area contributed by atoms with Gasteiger partial charge in [0.05, 0.1) is 16.7 Å². The average molecular weight is 897 g/mol. The van der Waals surface area contributed by atoms with E-state index in [9.17, 15) is 0 Å². The molecule has 4 heterocycles. The first-order chi connectivity index (χ1) is 34.2. The minimum Gasteiger partial charge on any atom is -0.454 e. The zero-order chi connectivity index (χ0) is 45.2. The van der Waals surface area contributed by atoms with Crippen LogP contribution in [0, 0.1) is 0 Å². The minimum atomic E-state index is 0.605. The summed E-state index contributed by atoms with van der Waals surface area (Å²) < 4.78 is 11.9. The van der Waals surface area contributed by atoms with Crippen LogP contribution in [0.15, 0.2) is 223 Å². The van der Waals surface area contributed by atoms with Gasteiger partial charge in [0, 0.05) is 63.8 Å². The second-order valence-electron chi connectivity index (χ2n) is 17.9. The van der Waals surface area contributed by atoms with E-state index in [0.29, 0.717) is 17.5 Å². The third kappa shape index (κ3) is 5.86. The van der Waals surface area contributed by atoms with Crippen molar-refractivity contribution in [3.05, 3.63) is 218 Å². The van der Waals surface area contributed by atoms with Crippen LogP contribution in [0.4, 0.5) is 0 Å². The maximum absolute atomic E-state index is 7.07. The molecule has 0 spiro atoms. The lowest BCUT2D eigenvalue weighted by atomic mass is 10.0. The van der Waals surface area contributed by atoms with Gasteiger partial charge in [-0.3, -0.25) is 0 Å². The number of furan rings is 1. The highest BCUT2D eigenvalue weighted by atomic mass is 32.1. The van der Waals surface area contributed by atoms with Crippen molar-refractivity contribution in [3.63, 3.8) is 0 Å². The summed E-state index contributed by atoms with van der Waals surface area (Å²) in [7, 11) is 0. The SMILES string of the molecule is c1ccc(-c2cccc(-c3nc(-c4ccc5ccc6oc7c(-n8c9cc%10ccccc%10cc9c9ccc%10ccccc%10c98)cccc7c6c5c4)nc(-c4cccc5sc6ccccc6c45)n3)c2)cc1. The maximum atomic E-state index is 7.07. The molecule has 5 nitrogen and oxygen atoms in total. The van der Waals surface area contributed by atoms with Gasteiger partial charge in [0.15, 0.2) is 23.1 Å². The summed E-state index contributed by atoms with van der Waals surface area (Å²) in [4.78, 5) is 16.0. The fourth-order valence-electron chi connectivity index (χ4n) is 10.8. The molecule has 0 aliphatic heterocycles. The van der Waals surface area contributed by atoms with Crippen molar-refractivity contribution in [1.82, 2.24) is 19.5 Å².